The zero-order valence-corrected chi connectivity index (χ0v) is 16.0. The lowest BCUT2D eigenvalue weighted by molar-refractivity contribution is 0.0915. The summed E-state index contributed by atoms with van der Waals surface area (Å²) in [5.74, 6) is 0.372. The van der Waals surface area contributed by atoms with Crippen LogP contribution in [0.2, 0.25) is 0 Å². The maximum Gasteiger partial charge on any atom is 0.259 e. The van der Waals surface area contributed by atoms with Crippen molar-refractivity contribution in [1.29, 1.82) is 0 Å². The van der Waals surface area contributed by atoms with E-state index in [1.165, 1.54) is 19.2 Å². The maximum absolute atomic E-state index is 13.8. The number of benzene rings is 1. The number of anilines is 1. The van der Waals surface area contributed by atoms with E-state index in [4.69, 9.17) is 9.26 Å². The summed E-state index contributed by atoms with van der Waals surface area (Å²) in [5.41, 5.74) is 0.858. The molecule has 1 aliphatic rings. The van der Waals surface area contributed by atoms with Gasteiger partial charge in [0, 0.05) is 25.7 Å². The summed E-state index contributed by atoms with van der Waals surface area (Å²) >= 11 is 0. The maximum atomic E-state index is 13.8. The van der Waals surface area contributed by atoms with E-state index in [2.05, 4.69) is 22.7 Å². The Hall–Kier alpha value is -2.61. The number of carbonyl (C=O) groups is 1. The first-order valence-electron chi connectivity index (χ1n) is 8.94. The number of nitrogens with one attached hydrogen (secondary N) is 2. The topological polar surface area (TPSA) is 79.6 Å². The van der Waals surface area contributed by atoms with E-state index < -0.39 is 5.82 Å². The third-order valence-corrected chi connectivity index (χ3v) is 4.84. The Bertz CT molecular complexity index is 821. The van der Waals surface area contributed by atoms with E-state index in [1.807, 2.05) is 0 Å². The van der Waals surface area contributed by atoms with E-state index in [0.717, 1.165) is 19.5 Å². The Morgan fingerprint density at radius 2 is 2.22 bits per heavy atom. The van der Waals surface area contributed by atoms with Gasteiger partial charge in [-0.2, -0.15) is 0 Å². The summed E-state index contributed by atoms with van der Waals surface area (Å²) in [7, 11) is 4.97. The van der Waals surface area contributed by atoms with Gasteiger partial charge in [0.15, 0.2) is 23.1 Å². The summed E-state index contributed by atoms with van der Waals surface area (Å²) < 4.78 is 24.3. The van der Waals surface area contributed by atoms with Crippen LogP contribution in [0.1, 0.15) is 23.7 Å². The second-order valence-corrected chi connectivity index (χ2v) is 7.00. The summed E-state index contributed by atoms with van der Waals surface area (Å²) in [6.07, 6.45) is 0.856. The minimum absolute atomic E-state index is 0.0688. The van der Waals surface area contributed by atoms with Crippen LogP contribution < -0.4 is 20.3 Å². The molecule has 1 saturated heterocycles. The van der Waals surface area contributed by atoms with Crippen LogP contribution in [0.4, 0.5) is 10.2 Å². The van der Waals surface area contributed by atoms with Crippen molar-refractivity contribution in [3.05, 3.63) is 29.6 Å². The molecular formula is C19H25FN4O3. The fourth-order valence-electron chi connectivity index (χ4n) is 3.26. The van der Waals surface area contributed by atoms with Crippen molar-refractivity contribution < 1.29 is 18.4 Å². The van der Waals surface area contributed by atoms with Crippen molar-refractivity contribution >= 4 is 11.7 Å². The monoisotopic (exact) mass is 376 g/mol. The van der Waals surface area contributed by atoms with Crippen LogP contribution in [0.25, 0.3) is 11.3 Å². The van der Waals surface area contributed by atoms with Gasteiger partial charge in [-0.15, -0.1) is 0 Å². The average molecular weight is 376 g/mol. The van der Waals surface area contributed by atoms with Gasteiger partial charge in [0.2, 0.25) is 0 Å². The van der Waals surface area contributed by atoms with Gasteiger partial charge in [-0.05, 0) is 43.6 Å². The van der Waals surface area contributed by atoms with Gasteiger partial charge in [0.05, 0.1) is 7.11 Å². The second kappa shape index (κ2) is 7.96. The average Bonchev–Trinajstić information content (AvgIpc) is 3.09. The number of hydrogen-bond acceptors (Lipinski definition) is 6. The molecule has 0 saturated carbocycles. The number of carbonyl (C=O) groups excluding carboxylic acids is 1. The Kier molecular flexibility index (Phi) is 5.65. The van der Waals surface area contributed by atoms with Crippen molar-refractivity contribution in [2.45, 2.75) is 19.4 Å². The third-order valence-electron chi connectivity index (χ3n) is 4.84. The zero-order valence-electron chi connectivity index (χ0n) is 16.0. The number of aromatic nitrogens is 1. The number of piperidine rings is 1. The van der Waals surface area contributed by atoms with Crippen LogP contribution in [0.5, 0.6) is 5.75 Å². The van der Waals surface area contributed by atoms with Crippen LogP contribution >= 0.6 is 0 Å². The van der Waals surface area contributed by atoms with Crippen LogP contribution in [-0.4, -0.2) is 51.4 Å². The Morgan fingerprint density at radius 3 is 2.89 bits per heavy atom. The molecule has 0 aliphatic carbocycles. The molecule has 0 unspecified atom stereocenters. The van der Waals surface area contributed by atoms with Gasteiger partial charge in [-0.3, -0.25) is 4.79 Å². The minimum Gasteiger partial charge on any atom is -0.494 e. The van der Waals surface area contributed by atoms with E-state index in [9.17, 15) is 9.18 Å². The lowest BCUT2D eigenvalue weighted by Crippen LogP contribution is -2.48. The van der Waals surface area contributed by atoms with Crippen molar-refractivity contribution in [1.82, 2.24) is 15.8 Å². The van der Waals surface area contributed by atoms with Gasteiger partial charge in [-0.25, -0.2) is 4.39 Å². The van der Waals surface area contributed by atoms with Gasteiger partial charge in [0.1, 0.15) is 5.56 Å². The van der Waals surface area contributed by atoms with Crippen molar-refractivity contribution in [3.63, 3.8) is 0 Å². The van der Waals surface area contributed by atoms with Gasteiger partial charge >= 0.3 is 0 Å². The molecule has 3 rings (SSSR count). The first kappa shape index (κ1) is 19.2. The van der Waals surface area contributed by atoms with Crippen LogP contribution in [0, 0.1) is 11.7 Å². The molecule has 0 spiro atoms. The number of halogens is 1. The third kappa shape index (κ3) is 3.90. The molecule has 27 heavy (non-hydrogen) atoms. The molecule has 0 bridgehead atoms. The molecule has 8 heteroatoms. The minimum atomic E-state index is -0.483. The molecule has 1 aromatic carbocycles. The highest BCUT2D eigenvalue weighted by Crippen LogP contribution is 2.33. The number of ether oxygens (including phenoxy) is 1. The number of methoxy groups -OCH3 is 1. The summed E-state index contributed by atoms with van der Waals surface area (Å²) in [4.78, 5) is 14.8. The standard InChI is InChI=1S/C19H25FN4O3/c1-11-10-21-8-7-14(11)22-19(25)16-17(27-23-18(16)24(2)3)12-5-6-13(20)15(9-12)26-4/h5-6,9,11,14,21H,7-8,10H2,1-4H3,(H,22,25)/t11-,14+/m0/s1. The predicted molar refractivity (Wildman–Crippen MR) is 101 cm³/mol. The number of nitrogens with zero attached hydrogens (tertiary/aromatic N) is 2. The first-order chi connectivity index (χ1) is 12.9. The second-order valence-electron chi connectivity index (χ2n) is 7.00. The fourth-order valence-corrected chi connectivity index (χ4v) is 3.26. The van der Waals surface area contributed by atoms with Crippen molar-refractivity contribution in [2.24, 2.45) is 5.92 Å². The van der Waals surface area contributed by atoms with Crippen LogP contribution in [0.15, 0.2) is 22.7 Å². The molecule has 2 heterocycles. The Morgan fingerprint density at radius 1 is 1.44 bits per heavy atom. The van der Waals surface area contributed by atoms with Crippen molar-refractivity contribution in [2.75, 3.05) is 39.2 Å². The quantitative estimate of drug-likeness (QED) is 0.834. The molecule has 2 N–H and O–H groups in total. The number of rotatable bonds is 5. The lowest BCUT2D eigenvalue weighted by Gasteiger charge is -2.30. The normalized spacial score (nSPS) is 19.6. The molecule has 1 fully saturated rings. The van der Waals surface area contributed by atoms with Gasteiger partial charge in [-0.1, -0.05) is 12.1 Å². The summed E-state index contributed by atoms with van der Waals surface area (Å²) in [6, 6.07) is 4.39. The Balaban J connectivity index is 1.98. The number of hydrogen-bond donors (Lipinski definition) is 2. The fraction of sp³-hybridized carbons (Fsp3) is 0.474. The lowest BCUT2D eigenvalue weighted by atomic mass is 9.95. The van der Waals surface area contributed by atoms with E-state index in [1.54, 1.807) is 25.1 Å². The molecule has 2 aromatic rings. The summed E-state index contributed by atoms with van der Waals surface area (Å²) in [6.45, 7) is 3.82. The largest absolute Gasteiger partial charge is 0.494 e. The van der Waals surface area contributed by atoms with Crippen LogP contribution in [0.3, 0.4) is 0 Å². The van der Waals surface area contributed by atoms with Crippen molar-refractivity contribution in [3.8, 4) is 17.1 Å². The highest BCUT2D eigenvalue weighted by Gasteiger charge is 2.30. The summed E-state index contributed by atoms with van der Waals surface area (Å²) in [5, 5.41) is 10.5. The SMILES string of the molecule is COc1cc(-c2onc(N(C)C)c2C(=O)N[C@@H]2CCNC[C@@H]2C)ccc1F. The Labute approximate surface area is 157 Å². The number of amides is 1. The molecule has 1 aliphatic heterocycles. The predicted octanol–water partition coefficient (Wildman–Crippen LogP) is 2.28. The first-order valence-corrected chi connectivity index (χ1v) is 8.94. The highest BCUT2D eigenvalue weighted by atomic mass is 19.1. The van der Waals surface area contributed by atoms with E-state index >= 15 is 0 Å². The van der Waals surface area contributed by atoms with Gasteiger partial charge < -0.3 is 24.8 Å². The smallest absolute Gasteiger partial charge is 0.259 e. The molecule has 2 atom stereocenters. The van der Waals surface area contributed by atoms with Crippen LogP contribution in [-0.2, 0) is 0 Å². The molecule has 146 valence electrons. The molecule has 0 radical (unpaired) electrons. The molecule has 1 amide bonds. The van der Waals surface area contributed by atoms with Gasteiger partial charge in [0.25, 0.3) is 5.91 Å². The molecule has 7 nitrogen and oxygen atoms in total. The van der Waals surface area contributed by atoms with E-state index in [-0.39, 0.29) is 23.5 Å². The molecular weight excluding hydrogens is 351 g/mol. The molecule has 1 aromatic heterocycles. The highest BCUT2D eigenvalue weighted by molar-refractivity contribution is 6.04. The zero-order chi connectivity index (χ0) is 19.6. The van der Waals surface area contributed by atoms with E-state index in [0.29, 0.717) is 22.9 Å².